The molecule has 0 amide bonds. The quantitative estimate of drug-likeness (QED) is 0.160. The summed E-state index contributed by atoms with van der Waals surface area (Å²) in [6, 6.07) is 0. The van der Waals surface area contributed by atoms with Crippen molar-refractivity contribution in [3.63, 3.8) is 0 Å². The number of hydrogen-bond acceptors (Lipinski definition) is 5. The van der Waals surface area contributed by atoms with E-state index in [1.165, 1.54) is 70.6 Å². The lowest BCUT2D eigenvalue weighted by Gasteiger charge is -2.21. The summed E-state index contributed by atoms with van der Waals surface area (Å²) in [6.07, 6.45) is 19.1. The lowest BCUT2D eigenvalue weighted by Crippen LogP contribution is -2.21. The van der Waals surface area contributed by atoms with E-state index in [0.717, 1.165) is 25.9 Å². The zero-order chi connectivity index (χ0) is 21.5. The van der Waals surface area contributed by atoms with Gasteiger partial charge in [0.15, 0.2) is 0 Å². The molecule has 5 heteroatoms. The van der Waals surface area contributed by atoms with E-state index < -0.39 is 0 Å². The summed E-state index contributed by atoms with van der Waals surface area (Å²) in [6.45, 7) is 6.10. The van der Waals surface area contributed by atoms with Gasteiger partial charge >= 0.3 is 5.97 Å². The Kier molecular flexibility index (Phi) is 19.7. The van der Waals surface area contributed by atoms with E-state index in [0.29, 0.717) is 45.9 Å². The maximum atomic E-state index is 11.8. The standard InChI is InChI=1S/C25H48O5/c1-2-3-4-5-6-7-8-9-13-18-27-20-22-29-23-21-28-19-14-17-25(26)30-24-15-11-10-12-16-24/h24H,2-23H2,1H3. The van der Waals surface area contributed by atoms with Gasteiger partial charge in [-0.15, -0.1) is 0 Å². The Hall–Kier alpha value is -0.650. The Balaban J connectivity index is 1.69. The number of hydrogen-bond donors (Lipinski definition) is 0. The van der Waals surface area contributed by atoms with Crippen molar-refractivity contribution >= 4 is 5.97 Å². The fraction of sp³-hybridized carbons (Fsp3) is 0.960. The van der Waals surface area contributed by atoms with Crippen LogP contribution in [-0.4, -0.2) is 51.7 Å². The molecule has 0 N–H and O–H groups in total. The van der Waals surface area contributed by atoms with Gasteiger partial charge in [0.1, 0.15) is 6.10 Å². The normalized spacial score (nSPS) is 14.8. The highest BCUT2D eigenvalue weighted by Gasteiger charge is 2.17. The van der Waals surface area contributed by atoms with Crippen LogP contribution in [0.3, 0.4) is 0 Å². The van der Waals surface area contributed by atoms with Crippen LogP contribution in [0, 0.1) is 0 Å². The number of carbonyl (C=O) groups excluding carboxylic acids is 1. The minimum absolute atomic E-state index is 0.0779. The van der Waals surface area contributed by atoms with Crippen molar-refractivity contribution in [1.29, 1.82) is 0 Å². The van der Waals surface area contributed by atoms with Gasteiger partial charge in [-0.1, -0.05) is 64.7 Å². The van der Waals surface area contributed by atoms with E-state index in [4.69, 9.17) is 18.9 Å². The molecule has 0 heterocycles. The summed E-state index contributed by atoms with van der Waals surface area (Å²) >= 11 is 0. The van der Waals surface area contributed by atoms with Gasteiger partial charge in [-0.05, 0) is 38.5 Å². The van der Waals surface area contributed by atoms with Gasteiger partial charge in [0, 0.05) is 19.6 Å². The van der Waals surface area contributed by atoms with Crippen LogP contribution in [-0.2, 0) is 23.7 Å². The zero-order valence-corrected chi connectivity index (χ0v) is 19.7. The van der Waals surface area contributed by atoms with Crippen molar-refractivity contribution in [2.45, 2.75) is 116 Å². The second-order valence-electron chi connectivity index (χ2n) is 8.52. The van der Waals surface area contributed by atoms with E-state index in [1.807, 2.05) is 0 Å². The molecule has 30 heavy (non-hydrogen) atoms. The number of rotatable bonds is 21. The predicted octanol–water partition coefficient (Wildman–Crippen LogP) is 6.22. The molecular formula is C25H48O5. The Morgan fingerprint density at radius 2 is 1.13 bits per heavy atom. The third-order valence-electron chi connectivity index (χ3n) is 5.66. The molecule has 5 nitrogen and oxygen atoms in total. The first-order chi connectivity index (χ1) is 14.8. The first-order valence-corrected chi connectivity index (χ1v) is 12.8. The van der Waals surface area contributed by atoms with Crippen LogP contribution in [0.2, 0.25) is 0 Å². The number of unbranched alkanes of at least 4 members (excludes halogenated alkanes) is 8. The van der Waals surface area contributed by atoms with Gasteiger partial charge in [0.25, 0.3) is 0 Å². The average Bonchev–Trinajstić information content (AvgIpc) is 2.76. The topological polar surface area (TPSA) is 54.0 Å². The number of ether oxygens (including phenoxy) is 4. The molecule has 1 rings (SSSR count). The van der Waals surface area contributed by atoms with Crippen LogP contribution >= 0.6 is 0 Å². The Bertz CT molecular complexity index is 369. The van der Waals surface area contributed by atoms with Crippen LogP contribution in [0.5, 0.6) is 0 Å². The predicted molar refractivity (Wildman–Crippen MR) is 122 cm³/mol. The highest BCUT2D eigenvalue weighted by molar-refractivity contribution is 5.69. The zero-order valence-electron chi connectivity index (χ0n) is 19.7. The summed E-state index contributed by atoms with van der Waals surface area (Å²) in [5.41, 5.74) is 0. The monoisotopic (exact) mass is 428 g/mol. The molecular weight excluding hydrogens is 380 g/mol. The van der Waals surface area contributed by atoms with Crippen LogP contribution < -0.4 is 0 Å². The lowest BCUT2D eigenvalue weighted by atomic mass is 9.98. The lowest BCUT2D eigenvalue weighted by molar-refractivity contribution is -0.150. The van der Waals surface area contributed by atoms with Crippen molar-refractivity contribution in [1.82, 2.24) is 0 Å². The third-order valence-corrected chi connectivity index (χ3v) is 5.66. The molecule has 0 atom stereocenters. The summed E-state index contributed by atoms with van der Waals surface area (Å²) in [5.74, 6) is -0.0779. The largest absolute Gasteiger partial charge is 0.462 e. The Morgan fingerprint density at radius 1 is 0.633 bits per heavy atom. The third kappa shape index (κ3) is 18.1. The van der Waals surface area contributed by atoms with Gasteiger partial charge in [-0.3, -0.25) is 4.79 Å². The van der Waals surface area contributed by atoms with E-state index in [2.05, 4.69) is 6.92 Å². The summed E-state index contributed by atoms with van der Waals surface area (Å²) in [4.78, 5) is 11.8. The average molecular weight is 429 g/mol. The van der Waals surface area contributed by atoms with Crippen LogP contribution in [0.4, 0.5) is 0 Å². The van der Waals surface area contributed by atoms with Crippen molar-refractivity contribution in [2.24, 2.45) is 0 Å². The molecule has 178 valence electrons. The molecule has 1 aliphatic rings. The molecule has 1 aliphatic carbocycles. The summed E-state index contributed by atoms with van der Waals surface area (Å²) in [5, 5.41) is 0. The second kappa shape index (κ2) is 21.6. The van der Waals surface area contributed by atoms with E-state index in [1.54, 1.807) is 0 Å². The van der Waals surface area contributed by atoms with Crippen LogP contribution in [0.15, 0.2) is 0 Å². The van der Waals surface area contributed by atoms with Crippen LogP contribution in [0.25, 0.3) is 0 Å². The van der Waals surface area contributed by atoms with Crippen LogP contribution in [0.1, 0.15) is 110 Å². The fourth-order valence-corrected chi connectivity index (χ4v) is 3.80. The minimum Gasteiger partial charge on any atom is -0.462 e. The molecule has 0 aromatic rings. The Labute approximate surface area is 185 Å². The SMILES string of the molecule is CCCCCCCCCCCOCCOCCOCCCC(=O)OC1CCCCC1. The number of carbonyl (C=O) groups is 1. The molecule has 0 bridgehead atoms. The highest BCUT2D eigenvalue weighted by Crippen LogP contribution is 2.20. The highest BCUT2D eigenvalue weighted by atomic mass is 16.5. The first-order valence-electron chi connectivity index (χ1n) is 12.8. The summed E-state index contributed by atoms with van der Waals surface area (Å²) in [7, 11) is 0. The van der Waals surface area contributed by atoms with Crippen molar-refractivity contribution < 1.29 is 23.7 Å². The van der Waals surface area contributed by atoms with Gasteiger partial charge in [-0.25, -0.2) is 0 Å². The molecule has 0 radical (unpaired) electrons. The maximum Gasteiger partial charge on any atom is 0.306 e. The van der Waals surface area contributed by atoms with E-state index >= 15 is 0 Å². The molecule has 0 spiro atoms. The molecule has 0 aromatic carbocycles. The molecule has 1 saturated carbocycles. The van der Waals surface area contributed by atoms with Crippen molar-refractivity contribution in [2.75, 3.05) is 39.6 Å². The molecule has 0 aromatic heterocycles. The summed E-state index contributed by atoms with van der Waals surface area (Å²) < 4.78 is 22.1. The molecule has 0 aliphatic heterocycles. The minimum atomic E-state index is -0.0779. The molecule has 0 unspecified atom stereocenters. The Morgan fingerprint density at radius 3 is 1.73 bits per heavy atom. The number of esters is 1. The second-order valence-corrected chi connectivity index (χ2v) is 8.52. The van der Waals surface area contributed by atoms with Crippen molar-refractivity contribution in [3.8, 4) is 0 Å². The first kappa shape index (κ1) is 27.4. The smallest absolute Gasteiger partial charge is 0.306 e. The van der Waals surface area contributed by atoms with E-state index in [-0.39, 0.29) is 12.1 Å². The van der Waals surface area contributed by atoms with Gasteiger partial charge < -0.3 is 18.9 Å². The van der Waals surface area contributed by atoms with Crippen molar-refractivity contribution in [3.05, 3.63) is 0 Å². The van der Waals surface area contributed by atoms with E-state index in [9.17, 15) is 4.79 Å². The molecule has 0 saturated heterocycles. The molecule has 1 fully saturated rings. The fourth-order valence-electron chi connectivity index (χ4n) is 3.80. The maximum absolute atomic E-state index is 11.8. The van der Waals surface area contributed by atoms with Gasteiger partial charge in [-0.2, -0.15) is 0 Å². The van der Waals surface area contributed by atoms with Gasteiger partial charge in [0.05, 0.1) is 26.4 Å². The van der Waals surface area contributed by atoms with Gasteiger partial charge in [0.2, 0.25) is 0 Å².